The number of piperazine rings is 1. The molecule has 502 valence electrons. The lowest BCUT2D eigenvalue weighted by Crippen LogP contribution is -2.50. The van der Waals surface area contributed by atoms with Crippen LogP contribution >= 0.6 is 92.8 Å². The number of benzene rings is 4. The first kappa shape index (κ1) is 70.5. The standard InChI is InChI=1S/C21H21Cl2N5O2.C20H22Cl2N4.C15H14Cl2N4.C14H12Cl2N4/c1-13(29)26-4-6-27(7-5-26)21(30)19-11-25-20-8-14(10-24)17(12-28(19)20)16-3-2-15(22)9-18(16)23;21-13-6-7-15(18(22)10-13)17-12-26-9-8-24-20(26)19(16(17)11-23)25-14-4-2-1-3-5-14;1-19-14-11(7-18)12(8-21-5-4-20-15(14)21)10-3-2-9(16)6-13(10)17;15-8-1-2-9(12(16)5-8)11-7-20-4-3-19-14(20)13(18)10(11)6-17/h2-3,8-9,11-12H,4-7,10,24H2,1H3;6-10,12,14,25H,1-5,11,23H2;2-6,8,19H,7,18H2,1H3;1-5,7H,6,17-18H2. The van der Waals surface area contributed by atoms with E-state index in [9.17, 15) is 9.59 Å². The quantitative estimate of drug-likeness (QED) is 0.0601. The minimum Gasteiger partial charge on any atom is -0.395 e. The van der Waals surface area contributed by atoms with Crippen LogP contribution in [0.5, 0.6) is 0 Å². The number of nitrogens with two attached hydrogens (primary N) is 5. The van der Waals surface area contributed by atoms with Gasteiger partial charge in [-0.25, -0.2) is 19.9 Å². The van der Waals surface area contributed by atoms with Crippen molar-refractivity contribution in [1.82, 2.24) is 47.3 Å². The zero-order chi connectivity index (χ0) is 68.8. The number of aromatic nitrogens is 8. The molecule has 12 N–H and O–H groups in total. The average molecular weight is 1460 g/mol. The predicted molar refractivity (Wildman–Crippen MR) is 397 cm³/mol. The van der Waals surface area contributed by atoms with Crippen LogP contribution in [0, 0.1) is 0 Å². The van der Waals surface area contributed by atoms with Crippen molar-refractivity contribution in [2.75, 3.05) is 49.6 Å². The van der Waals surface area contributed by atoms with Gasteiger partial charge in [0.15, 0.2) is 16.9 Å². The first-order valence-electron chi connectivity index (χ1n) is 31.1. The van der Waals surface area contributed by atoms with Gasteiger partial charge in [-0.2, -0.15) is 0 Å². The van der Waals surface area contributed by atoms with Gasteiger partial charge in [-0.1, -0.05) is 136 Å². The lowest BCUT2D eigenvalue weighted by Gasteiger charge is -2.34. The number of nitrogens with one attached hydrogen (secondary N) is 2. The van der Waals surface area contributed by atoms with E-state index in [-0.39, 0.29) is 11.8 Å². The Morgan fingerprint density at radius 1 is 0.495 bits per heavy atom. The summed E-state index contributed by atoms with van der Waals surface area (Å²) in [4.78, 5) is 45.7. The minimum absolute atomic E-state index is 0.0238. The number of hydrogen-bond acceptors (Lipinski definition) is 13. The van der Waals surface area contributed by atoms with Crippen LogP contribution in [-0.4, -0.2) is 98.4 Å². The number of pyridine rings is 4. The van der Waals surface area contributed by atoms with Gasteiger partial charge in [-0.15, -0.1) is 0 Å². The summed E-state index contributed by atoms with van der Waals surface area (Å²) in [5.41, 5.74) is 47.0. The number of nitrogens with zero attached hydrogens (tertiary/aromatic N) is 10. The Bertz CT molecular complexity index is 4880. The monoisotopic (exact) mass is 1460 g/mol. The maximum absolute atomic E-state index is 13.2. The van der Waals surface area contributed by atoms with Crippen molar-refractivity contribution in [3.63, 3.8) is 0 Å². The molecule has 0 bridgehead atoms. The maximum Gasteiger partial charge on any atom is 0.272 e. The second-order valence-corrected chi connectivity index (χ2v) is 26.5. The average Bonchev–Trinajstić information content (AvgIpc) is 1.77. The number of hydrogen-bond donors (Lipinski definition) is 7. The molecule has 12 aromatic rings. The summed E-state index contributed by atoms with van der Waals surface area (Å²) in [5, 5.41) is 11.6. The molecule has 4 aromatic carbocycles. The molecule has 14 rings (SSSR count). The molecule has 2 amide bonds. The number of rotatable bonds is 12. The van der Waals surface area contributed by atoms with Crippen molar-refractivity contribution in [1.29, 1.82) is 0 Å². The van der Waals surface area contributed by atoms with Crippen molar-refractivity contribution in [3.05, 3.63) is 215 Å². The fraction of sp³-hybridized carbons (Fsp3) is 0.229. The zero-order valence-electron chi connectivity index (χ0n) is 52.8. The number of amides is 2. The van der Waals surface area contributed by atoms with E-state index in [4.69, 9.17) is 121 Å². The minimum atomic E-state index is -0.126. The van der Waals surface area contributed by atoms with Crippen molar-refractivity contribution < 1.29 is 9.59 Å². The van der Waals surface area contributed by atoms with Gasteiger partial charge in [0, 0.05) is 236 Å². The number of carbonyl (C=O) groups is 2. The van der Waals surface area contributed by atoms with Gasteiger partial charge in [0.2, 0.25) is 5.91 Å². The summed E-state index contributed by atoms with van der Waals surface area (Å²) in [5.74, 6) is -0.102. The molecule has 27 heteroatoms. The van der Waals surface area contributed by atoms with Crippen LogP contribution in [0.15, 0.2) is 147 Å². The van der Waals surface area contributed by atoms with Gasteiger partial charge >= 0.3 is 0 Å². The third-order valence-corrected chi connectivity index (χ3v) is 19.5. The number of imidazole rings is 4. The number of anilines is 3. The molecule has 97 heavy (non-hydrogen) atoms. The Labute approximate surface area is 600 Å². The van der Waals surface area contributed by atoms with Gasteiger partial charge in [0.05, 0.1) is 23.3 Å². The molecule has 9 heterocycles. The van der Waals surface area contributed by atoms with Crippen LogP contribution in [-0.2, 0) is 31.0 Å². The van der Waals surface area contributed by atoms with E-state index in [1.807, 2.05) is 112 Å². The first-order chi connectivity index (χ1) is 46.8. The molecule has 0 atom stereocenters. The van der Waals surface area contributed by atoms with Crippen molar-refractivity contribution >= 4 is 144 Å². The van der Waals surface area contributed by atoms with Gasteiger partial charge < -0.3 is 62.3 Å². The molecular weight excluding hydrogens is 1390 g/mol. The summed E-state index contributed by atoms with van der Waals surface area (Å²) in [6, 6.07) is 24.0. The summed E-state index contributed by atoms with van der Waals surface area (Å²) >= 11 is 49.6. The topological polar surface area (TPSA) is 264 Å². The molecule has 0 spiro atoms. The summed E-state index contributed by atoms with van der Waals surface area (Å²) < 4.78 is 7.60. The molecule has 8 aromatic heterocycles. The van der Waals surface area contributed by atoms with Gasteiger partial charge in [0.25, 0.3) is 5.91 Å². The van der Waals surface area contributed by atoms with E-state index < -0.39 is 0 Å². The lowest BCUT2D eigenvalue weighted by molar-refractivity contribution is -0.130. The second-order valence-electron chi connectivity index (χ2n) is 23.1. The summed E-state index contributed by atoms with van der Waals surface area (Å²) in [6.45, 7) is 4.98. The van der Waals surface area contributed by atoms with E-state index in [2.05, 4.69) is 30.6 Å². The Morgan fingerprint density at radius 2 is 0.918 bits per heavy atom. The van der Waals surface area contributed by atoms with Gasteiger partial charge in [-0.05, 0) is 73.0 Å². The van der Waals surface area contributed by atoms with E-state index in [1.165, 1.54) is 32.1 Å². The molecule has 1 saturated carbocycles. The first-order valence-corrected chi connectivity index (χ1v) is 34.2. The fourth-order valence-electron chi connectivity index (χ4n) is 12.4. The van der Waals surface area contributed by atoms with Crippen LogP contribution in [0.2, 0.25) is 40.2 Å². The van der Waals surface area contributed by atoms with Crippen molar-refractivity contribution in [2.45, 2.75) is 71.2 Å². The summed E-state index contributed by atoms with van der Waals surface area (Å²) in [7, 11) is 1.86. The van der Waals surface area contributed by atoms with Gasteiger partial charge in [0.1, 0.15) is 11.3 Å². The van der Waals surface area contributed by atoms with Crippen LogP contribution in [0.25, 0.3) is 67.1 Å². The number of carbonyl (C=O) groups excluding carboxylic acids is 2. The molecule has 0 radical (unpaired) electrons. The molecule has 1 saturated heterocycles. The zero-order valence-corrected chi connectivity index (χ0v) is 58.9. The van der Waals surface area contributed by atoms with E-state index in [0.29, 0.717) is 121 Å². The molecule has 1 aliphatic carbocycles. The van der Waals surface area contributed by atoms with Crippen LogP contribution in [0.3, 0.4) is 0 Å². The van der Waals surface area contributed by atoms with Crippen LogP contribution in [0.4, 0.5) is 17.1 Å². The Kier molecular flexibility index (Phi) is 22.8. The highest BCUT2D eigenvalue weighted by atomic mass is 35.5. The van der Waals surface area contributed by atoms with Gasteiger partial charge in [-0.3, -0.25) is 14.0 Å². The molecule has 0 unspecified atom stereocenters. The lowest BCUT2D eigenvalue weighted by atomic mass is 9.94. The number of halogens is 8. The Morgan fingerprint density at radius 3 is 1.36 bits per heavy atom. The predicted octanol–water partition coefficient (Wildman–Crippen LogP) is 15.7. The highest BCUT2D eigenvalue weighted by molar-refractivity contribution is 6.38. The Hall–Kier alpha value is -7.86. The van der Waals surface area contributed by atoms with E-state index in [1.54, 1.807) is 76.1 Å². The third-order valence-electron chi connectivity index (χ3n) is 17.3. The van der Waals surface area contributed by atoms with Crippen LogP contribution < -0.4 is 39.3 Å². The molecule has 2 aliphatic rings. The van der Waals surface area contributed by atoms with E-state index >= 15 is 0 Å². The van der Waals surface area contributed by atoms with Crippen molar-refractivity contribution in [2.24, 2.45) is 22.9 Å². The maximum atomic E-state index is 13.2. The smallest absolute Gasteiger partial charge is 0.272 e. The third kappa shape index (κ3) is 15.2. The fourth-order valence-corrected chi connectivity index (χ4v) is 14.4. The number of nitrogen functional groups attached to an aromatic ring is 1. The normalized spacial score (nSPS) is 13.3. The Balaban J connectivity index is 0.000000133. The molecule has 1 aliphatic heterocycles. The summed E-state index contributed by atoms with van der Waals surface area (Å²) in [6.07, 6.45) is 26.5. The largest absolute Gasteiger partial charge is 0.395 e. The molecule has 19 nitrogen and oxygen atoms in total. The van der Waals surface area contributed by atoms with Crippen molar-refractivity contribution in [3.8, 4) is 44.5 Å². The highest BCUT2D eigenvalue weighted by Gasteiger charge is 2.27. The second kappa shape index (κ2) is 31.3. The number of fused-ring (bicyclic) bond motifs is 4. The van der Waals surface area contributed by atoms with E-state index in [0.717, 1.165) is 89.4 Å². The molecule has 2 fully saturated rings. The SMILES string of the molecule is CC(=O)N1CCN(C(=O)c2cnc3cc(CN)c(-c4ccc(Cl)cc4Cl)cn23)CC1.CNc1c(CN)c(-c2ccc(Cl)cc2Cl)cn2ccnc12.NCc1c(-c2ccc(Cl)cc2Cl)cn2ccnc2c1N.NCc1c(-c2ccc(Cl)cc2Cl)cn2ccnc2c1NC1CCCCC1. The highest BCUT2D eigenvalue weighted by Crippen LogP contribution is 2.41. The molecular formula is C70H69Cl8N17O2. The van der Waals surface area contributed by atoms with Crippen LogP contribution in [0.1, 0.15) is 71.8 Å².